The smallest absolute Gasteiger partial charge is 0.258 e. The second-order valence-electron chi connectivity index (χ2n) is 7.96. The van der Waals surface area contributed by atoms with Crippen LogP contribution in [0.3, 0.4) is 0 Å². The van der Waals surface area contributed by atoms with E-state index in [1.54, 1.807) is 0 Å². The van der Waals surface area contributed by atoms with Gasteiger partial charge in [0, 0.05) is 24.4 Å². The largest absolute Gasteiger partial charge is 0.491 e. The van der Waals surface area contributed by atoms with Gasteiger partial charge in [-0.25, -0.2) is 0 Å². The Bertz CT molecular complexity index is 860. The van der Waals surface area contributed by atoms with Crippen molar-refractivity contribution in [2.75, 3.05) is 18.5 Å². The van der Waals surface area contributed by atoms with Crippen molar-refractivity contribution in [2.24, 2.45) is 0 Å². The van der Waals surface area contributed by atoms with Gasteiger partial charge >= 0.3 is 0 Å². The van der Waals surface area contributed by atoms with Crippen molar-refractivity contribution < 1.29 is 14.3 Å². The molecule has 0 saturated carbocycles. The zero-order valence-electron chi connectivity index (χ0n) is 16.8. The lowest BCUT2D eigenvalue weighted by atomic mass is 9.92. The quantitative estimate of drug-likeness (QED) is 0.836. The third-order valence-electron chi connectivity index (χ3n) is 5.50. The van der Waals surface area contributed by atoms with Gasteiger partial charge in [-0.3, -0.25) is 4.79 Å². The van der Waals surface area contributed by atoms with E-state index in [0.717, 1.165) is 36.4 Å². The molecule has 1 amide bonds. The molecule has 28 heavy (non-hydrogen) atoms. The average molecular weight is 380 g/mol. The summed E-state index contributed by atoms with van der Waals surface area (Å²) in [5.74, 6) is 0.809. The van der Waals surface area contributed by atoms with Gasteiger partial charge in [0.1, 0.15) is 11.4 Å². The number of para-hydroxylation sites is 2. The number of fused-ring (bicyclic) bond motifs is 1. The van der Waals surface area contributed by atoms with Crippen LogP contribution in [0.5, 0.6) is 5.75 Å². The lowest BCUT2D eigenvalue weighted by Crippen LogP contribution is -2.57. The first-order valence-electron chi connectivity index (χ1n) is 10.1. The second-order valence-corrected chi connectivity index (χ2v) is 7.96. The van der Waals surface area contributed by atoms with Gasteiger partial charge in [-0.2, -0.15) is 0 Å². The van der Waals surface area contributed by atoms with E-state index in [4.69, 9.17) is 9.47 Å². The fourth-order valence-electron chi connectivity index (χ4n) is 4.15. The van der Waals surface area contributed by atoms with Gasteiger partial charge in [0.25, 0.3) is 5.91 Å². The van der Waals surface area contributed by atoms with Crippen molar-refractivity contribution in [1.29, 1.82) is 0 Å². The molecule has 2 atom stereocenters. The minimum absolute atomic E-state index is 0.0201. The normalized spacial score (nSPS) is 24.2. The van der Waals surface area contributed by atoms with Gasteiger partial charge in [0.2, 0.25) is 0 Å². The first-order valence-corrected chi connectivity index (χ1v) is 10.1. The summed E-state index contributed by atoms with van der Waals surface area (Å²) in [6.45, 7) is 7.39. The van der Waals surface area contributed by atoms with E-state index in [1.807, 2.05) is 67.3 Å². The topological polar surface area (TPSA) is 50.8 Å². The number of ether oxygens (including phenoxy) is 2. The molecule has 0 radical (unpaired) electrons. The molecule has 1 fully saturated rings. The van der Waals surface area contributed by atoms with Crippen LogP contribution in [0.1, 0.15) is 49.5 Å². The van der Waals surface area contributed by atoms with Crippen LogP contribution in [-0.2, 0) is 10.4 Å². The van der Waals surface area contributed by atoms with E-state index in [9.17, 15) is 4.79 Å². The first-order chi connectivity index (χ1) is 13.5. The summed E-state index contributed by atoms with van der Waals surface area (Å²) in [4.78, 5) is 15.4. The molecule has 2 unspecified atom stereocenters. The van der Waals surface area contributed by atoms with E-state index in [-0.39, 0.29) is 18.1 Å². The molecule has 0 aliphatic carbocycles. The van der Waals surface area contributed by atoms with Gasteiger partial charge < -0.3 is 19.7 Å². The molecule has 0 bridgehead atoms. The van der Waals surface area contributed by atoms with Crippen molar-refractivity contribution >= 4 is 11.6 Å². The SMILES string of the molecule is CC(C)Oc1ccccc1C1(C)Nc2ccccc2C(=O)N1CC1CCCO1. The van der Waals surface area contributed by atoms with E-state index in [2.05, 4.69) is 12.2 Å². The molecule has 5 nitrogen and oxygen atoms in total. The third-order valence-corrected chi connectivity index (χ3v) is 5.50. The molecule has 5 heteroatoms. The van der Waals surface area contributed by atoms with Gasteiger partial charge in [0.05, 0.1) is 17.8 Å². The maximum absolute atomic E-state index is 13.5. The number of hydrogen-bond donors (Lipinski definition) is 1. The molecule has 0 aromatic heterocycles. The summed E-state index contributed by atoms with van der Waals surface area (Å²) in [6, 6.07) is 15.7. The number of anilines is 1. The van der Waals surface area contributed by atoms with Crippen LogP contribution >= 0.6 is 0 Å². The summed E-state index contributed by atoms with van der Waals surface area (Å²) in [5.41, 5.74) is 1.76. The molecule has 1 N–H and O–H groups in total. The summed E-state index contributed by atoms with van der Waals surface area (Å²) in [7, 11) is 0. The summed E-state index contributed by atoms with van der Waals surface area (Å²) < 4.78 is 12.0. The van der Waals surface area contributed by atoms with Crippen molar-refractivity contribution in [3.05, 3.63) is 59.7 Å². The van der Waals surface area contributed by atoms with Gasteiger partial charge in [-0.05, 0) is 51.8 Å². The van der Waals surface area contributed by atoms with Crippen molar-refractivity contribution in [3.8, 4) is 5.75 Å². The van der Waals surface area contributed by atoms with Crippen molar-refractivity contribution in [2.45, 2.75) is 51.5 Å². The molecular formula is C23H28N2O3. The van der Waals surface area contributed by atoms with Crippen LogP contribution in [-0.4, -0.2) is 36.2 Å². The number of nitrogens with one attached hydrogen (secondary N) is 1. The van der Waals surface area contributed by atoms with Gasteiger partial charge in [-0.15, -0.1) is 0 Å². The fourth-order valence-corrected chi connectivity index (χ4v) is 4.15. The number of carbonyl (C=O) groups is 1. The highest BCUT2D eigenvalue weighted by molar-refractivity contribution is 6.02. The van der Waals surface area contributed by atoms with E-state index in [0.29, 0.717) is 12.1 Å². The fraction of sp³-hybridized carbons (Fsp3) is 0.435. The number of carbonyl (C=O) groups excluding carboxylic acids is 1. The summed E-state index contributed by atoms with van der Waals surface area (Å²) in [5, 5.41) is 3.63. The predicted molar refractivity (Wildman–Crippen MR) is 110 cm³/mol. The van der Waals surface area contributed by atoms with Crippen LogP contribution < -0.4 is 10.1 Å². The summed E-state index contributed by atoms with van der Waals surface area (Å²) >= 11 is 0. The number of hydrogen-bond acceptors (Lipinski definition) is 4. The molecule has 2 aromatic carbocycles. The van der Waals surface area contributed by atoms with Gasteiger partial charge in [0.15, 0.2) is 0 Å². The monoisotopic (exact) mass is 380 g/mol. The lowest BCUT2D eigenvalue weighted by Gasteiger charge is -2.47. The molecule has 2 heterocycles. The van der Waals surface area contributed by atoms with Crippen LogP contribution in [0.4, 0.5) is 5.69 Å². The second kappa shape index (κ2) is 7.47. The Morgan fingerprint density at radius 1 is 1.21 bits per heavy atom. The van der Waals surface area contributed by atoms with E-state index >= 15 is 0 Å². The Hall–Kier alpha value is -2.53. The molecule has 148 valence electrons. The molecule has 0 spiro atoms. The molecule has 1 saturated heterocycles. The Morgan fingerprint density at radius 2 is 1.96 bits per heavy atom. The highest BCUT2D eigenvalue weighted by Crippen LogP contribution is 2.42. The Balaban J connectivity index is 1.80. The van der Waals surface area contributed by atoms with Crippen LogP contribution in [0, 0.1) is 0 Å². The first kappa shape index (κ1) is 18.8. The highest BCUT2D eigenvalue weighted by Gasteiger charge is 2.45. The minimum atomic E-state index is -0.733. The Kier molecular flexibility index (Phi) is 5.02. The molecule has 4 rings (SSSR count). The number of amides is 1. The highest BCUT2D eigenvalue weighted by atomic mass is 16.5. The van der Waals surface area contributed by atoms with Crippen molar-refractivity contribution in [3.63, 3.8) is 0 Å². The Morgan fingerprint density at radius 3 is 2.71 bits per heavy atom. The van der Waals surface area contributed by atoms with Crippen LogP contribution in [0.2, 0.25) is 0 Å². The number of benzene rings is 2. The molecule has 2 aliphatic heterocycles. The molecular weight excluding hydrogens is 352 g/mol. The van der Waals surface area contributed by atoms with Crippen molar-refractivity contribution in [1.82, 2.24) is 4.90 Å². The Labute approximate surface area is 166 Å². The lowest BCUT2D eigenvalue weighted by molar-refractivity contribution is 0.0234. The average Bonchev–Trinajstić information content (AvgIpc) is 3.18. The van der Waals surface area contributed by atoms with E-state index in [1.165, 1.54) is 0 Å². The van der Waals surface area contributed by atoms with Gasteiger partial charge in [-0.1, -0.05) is 30.3 Å². The van der Waals surface area contributed by atoms with Crippen LogP contribution in [0.25, 0.3) is 0 Å². The maximum Gasteiger partial charge on any atom is 0.258 e. The molecule has 2 aliphatic rings. The number of rotatable bonds is 5. The predicted octanol–water partition coefficient (Wildman–Crippen LogP) is 4.39. The zero-order valence-corrected chi connectivity index (χ0v) is 16.8. The maximum atomic E-state index is 13.5. The molecule has 2 aromatic rings. The third kappa shape index (κ3) is 3.35. The zero-order chi connectivity index (χ0) is 19.7. The summed E-state index contributed by atoms with van der Waals surface area (Å²) in [6.07, 6.45) is 2.13. The minimum Gasteiger partial charge on any atom is -0.491 e. The van der Waals surface area contributed by atoms with E-state index < -0.39 is 5.66 Å². The standard InChI is InChI=1S/C23H28N2O3/c1-16(2)28-21-13-7-5-11-19(21)23(3)24-20-12-6-4-10-18(20)22(26)25(23)15-17-9-8-14-27-17/h4-7,10-13,16-17,24H,8-9,14-15H2,1-3H3. The number of nitrogens with zero attached hydrogens (tertiary/aromatic N) is 1. The van der Waals surface area contributed by atoms with Crippen LogP contribution in [0.15, 0.2) is 48.5 Å².